The van der Waals surface area contributed by atoms with E-state index < -0.39 is 6.36 Å². The number of amides is 1. The summed E-state index contributed by atoms with van der Waals surface area (Å²) in [5.74, 6) is -0.632. The number of nitrogens with one attached hydrogen (secondary N) is 2. The van der Waals surface area contributed by atoms with Gasteiger partial charge < -0.3 is 20.5 Å². The highest BCUT2D eigenvalue weighted by atomic mass is 19.4. The highest BCUT2D eigenvalue weighted by Gasteiger charge is 2.30. The van der Waals surface area contributed by atoms with Crippen LogP contribution in [0.5, 0.6) is 5.75 Å². The molecule has 124 valence electrons. The normalized spacial score (nSPS) is 14.3. The van der Waals surface area contributed by atoms with Gasteiger partial charge in [0.25, 0.3) is 0 Å². The molecule has 2 atom stereocenters. The van der Waals surface area contributed by atoms with Gasteiger partial charge in [-0.05, 0) is 38.1 Å². The predicted octanol–water partition coefficient (Wildman–Crippen LogP) is 2.27. The minimum atomic E-state index is -4.74. The molecule has 0 bridgehead atoms. The van der Waals surface area contributed by atoms with Crippen molar-refractivity contribution in [3.63, 3.8) is 0 Å². The number of benzene rings is 1. The lowest BCUT2D eigenvalue weighted by Gasteiger charge is -2.18. The van der Waals surface area contributed by atoms with Crippen LogP contribution in [0.2, 0.25) is 0 Å². The molecule has 0 fully saturated rings. The van der Waals surface area contributed by atoms with E-state index in [4.69, 9.17) is 5.11 Å². The van der Waals surface area contributed by atoms with E-state index in [2.05, 4.69) is 15.4 Å². The third-order valence-electron chi connectivity index (χ3n) is 2.71. The molecule has 0 saturated carbocycles. The summed E-state index contributed by atoms with van der Waals surface area (Å²) < 4.78 is 39.8. The van der Waals surface area contributed by atoms with Gasteiger partial charge in [0.2, 0.25) is 5.91 Å². The first-order chi connectivity index (χ1) is 10.2. The molecule has 0 heterocycles. The maximum absolute atomic E-state index is 12.0. The van der Waals surface area contributed by atoms with Gasteiger partial charge in [-0.25, -0.2) is 0 Å². The van der Waals surface area contributed by atoms with Gasteiger partial charge in [0.1, 0.15) is 5.75 Å². The Morgan fingerprint density at radius 1 is 1.23 bits per heavy atom. The Bertz CT molecular complexity index is 477. The highest BCUT2D eigenvalue weighted by Crippen LogP contribution is 2.23. The Hall–Kier alpha value is -1.80. The fourth-order valence-electron chi connectivity index (χ4n) is 1.83. The number of halogens is 3. The van der Waals surface area contributed by atoms with Gasteiger partial charge in [-0.3, -0.25) is 4.79 Å². The van der Waals surface area contributed by atoms with Crippen molar-refractivity contribution < 1.29 is 27.8 Å². The van der Waals surface area contributed by atoms with Crippen LogP contribution < -0.4 is 15.4 Å². The van der Waals surface area contributed by atoms with Gasteiger partial charge in [0, 0.05) is 24.2 Å². The Kier molecular flexibility index (Phi) is 6.63. The molecule has 3 N–H and O–H groups in total. The van der Waals surface area contributed by atoms with E-state index in [1.807, 2.05) is 0 Å². The molecule has 0 spiro atoms. The summed E-state index contributed by atoms with van der Waals surface area (Å²) in [4.78, 5) is 11.8. The Balaban J connectivity index is 2.48. The van der Waals surface area contributed by atoms with Crippen molar-refractivity contribution in [1.29, 1.82) is 0 Å². The summed E-state index contributed by atoms with van der Waals surface area (Å²) >= 11 is 0. The number of aliphatic hydroxyl groups is 1. The first-order valence-electron chi connectivity index (χ1n) is 6.72. The van der Waals surface area contributed by atoms with E-state index in [-0.39, 0.29) is 36.8 Å². The second-order valence-electron chi connectivity index (χ2n) is 4.98. The van der Waals surface area contributed by atoms with Crippen LogP contribution in [0.1, 0.15) is 20.3 Å². The summed E-state index contributed by atoms with van der Waals surface area (Å²) in [5, 5.41) is 14.5. The van der Waals surface area contributed by atoms with Gasteiger partial charge in [0.05, 0.1) is 6.61 Å². The fraction of sp³-hybridized carbons (Fsp3) is 0.500. The topological polar surface area (TPSA) is 70.6 Å². The summed E-state index contributed by atoms with van der Waals surface area (Å²) in [5.41, 5.74) is 0.377. The molecule has 1 rings (SSSR count). The second-order valence-corrected chi connectivity index (χ2v) is 4.98. The number of aliphatic hydroxyl groups excluding tert-OH is 1. The van der Waals surface area contributed by atoms with Crippen LogP contribution in [0, 0.1) is 0 Å². The van der Waals surface area contributed by atoms with E-state index in [0.29, 0.717) is 5.69 Å². The van der Waals surface area contributed by atoms with Gasteiger partial charge in [-0.2, -0.15) is 0 Å². The van der Waals surface area contributed by atoms with E-state index in [1.54, 1.807) is 13.8 Å². The SMILES string of the molecule is CC(CC(=O)Nc1ccc(OC(F)(F)F)cc1)N[C@H](C)CO. The average molecular weight is 320 g/mol. The Labute approximate surface area is 126 Å². The molecule has 0 aliphatic rings. The van der Waals surface area contributed by atoms with Gasteiger partial charge >= 0.3 is 6.36 Å². The molecule has 0 aliphatic heterocycles. The smallest absolute Gasteiger partial charge is 0.406 e. The van der Waals surface area contributed by atoms with Gasteiger partial charge in [-0.1, -0.05) is 0 Å². The Morgan fingerprint density at radius 3 is 2.32 bits per heavy atom. The maximum Gasteiger partial charge on any atom is 0.573 e. The largest absolute Gasteiger partial charge is 0.573 e. The van der Waals surface area contributed by atoms with Crippen molar-refractivity contribution in [3.05, 3.63) is 24.3 Å². The van der Waals surface area contributed by atoms with Crippen LogP contribution >= 0.6 is 0 Å². The highest BCUT2D eigenvalue weighted by molar-refractivity contribution is 5.91. The summed E-state index contributed by atoms with van der Waals surface area (Å²) in [6.07, 6.45) is -4.57. The molecule has 1 unspecified atom stereocenters. The lowest BCUT2D eigenvalue weighted by molar-refractivity contribution is -0.274. The molecule has 22 heavy (non-hydrogen) atoms. The maximum atomic E-state index is 12.0. The average Bonchev–Trinajstić information content (AvgIpc) is 2.38. The van der Waals surface area contributed by atoms with Crippen molar-refractivity contribution in [3.8, 4) is 5.75 Å². The molecule has 1 amide bonds. The van der Waals surface area contributed by atoms with Crippen molar-refractivity contribution in [2.75, 3.05) is 11.9 Å². The monoisotopic (exact) mass is 320 g/mol. The van der Waals surface area contributed by atoms with Crippen LogP contribution in [0.25, 0.3) is 0 Å². The number of anilines is 1. The van der Waals surface area contributed by atoms with E-state index in [9.17, 15) is 18.0 Å². The first kappa shape index (κ1) is 18.2. The zero-order valence-corrected chi connectivity index (χ0v) is 12.3. The van der Waals surface area contributed by atoms with Crippen molar-refractivity contribution >= 4 is 11.6 Å². The minimum Gasteiger partial charge on any atom is -0.406 e. The third kappa shape index (κ3) is 7.28. The minimum absolute atomic E-state index is 0.0351. The van der Waals surface area contributed by atoms with Crippen LogP contribution in [0.4, 0.5) is 18.9 Å². The number of ether oxygens (including phenoxy) is 1. The van der Waals surface area contributed by atoms with Crippen molar-refractivity contribution in [2.24, 2.45) is 0 Å². The van der Waals surface area contributed by atoms with Gasteiger partial charge in [-0.15, -0.1) is 13.2 Å². The van der Waals surface area contributed by atoms with Crippen LogP contribution in [0.3, 0.4) is 0 Å². The molecule has 1 aromatic carbocycles. The number of rotatable bonds is 7. The number of hydrogen-bond acceptors (Lipinski definition) is 4. The van der Waals surface area contributed by atoms with E-state index in [1.165, 1.54) is 12.1 Å². The zero-order valence-electron chi connectivity index (χ0n) is 12.3. The molecule has 1 aromatic rings. The summed E-state index contributed by atoms with van der Waals surface area (Å²) in [6.45, 7) is 3.55. The summed E-state index contributed by atoms with van der Waals surface area (Å²) in [7, 11) is 0. The lowest BCUT2D eigenvalue weighted by Crippen LogP contribution is -2.38. The molecular formula is C14H19F3N2O3. The fourth-order valence-corrected chi connectivity index (χ4v) is 1.83. The zero-order chi connectivity index (χ0) is 16.8. The third-order valence-corrected chi connectivity index (χ3v) is 2.71. The van der Waals surface area contributed by atoms with Crippen molar-refractivity contribution in [2.45, 2.75) is 38.7 Å². The number of carbonyl (C=O) groups excluding carboxylic acids is 1. The van der Waals surface area contributed by atoms with Crippen molar-refractivity contribution in [1.82, 2.24) is 5.32 Å². The molecule has 5 nitrogen and oxygen atoms in total. The molecular weight excluding hydrogens is 301 g/mol. The first-order valence-corrected chi connectivity index (χ1v) is 6.72. The number of carbonyl (C=O) groups is 1. The molecule has 0 radical (unpaired) electrons. The summed E-state index contributed by atoms with van der Waals surface area (Å²) in [6, 6.07) is 4.63. The van der Waals surface area contributed by atoms with Gasteiger partial charge in [0.15, 0.2) is 0 Å². The molecule has 0 saturated heterocycles. The lowest BCUT2D eigenvalue weighted by atomic mass is 10.2. The van der Waals surface area contributed by atoms with Crippen LogP contribution in [0.15, 0.2) is 24.3 Å². The Morgan fingerprint density at radius 2 is 1.82 bits per heavy atom. The molecule has 0 aliphatic carbocycles. The standard InChI is InChI=1S/C14H19F3N2O3/c1-9(18-10(2)8-20)7-13(21)19-11-3-5-12(6-4-11)22-14(15,16)17/h3-6,9-10,18,20H,7-8H2,1-2H3,(H,19,21)/t9?,10-/m1/s1. The number of hydrogen-bond donors (Lipinski definition) is 3. The van der Waals surface area contributed by atoms with E-state index >= 15 is 0 Å². The number of alkyl halides is 3. The van der Waals surface area contributed by atoms with Crippen LogP contribution in [-0.2, 0) is 4.79 Å². The predicted molar refractivity (Wildman–Crippen MR) is 75.5 cm³/mol. The molecule has 8 heteroatoms. The second kappa shape index (κ2) is 8.00. The quantitative estimate of drug-likeness (QED) is 0.721. The van der Waals surface area contributed by atoms with E-state index in [0.717, 1.165) is 12.1 Å². The molecule has 0 aromatic heterocycles. The van der Waals surface area contributed by atoms with Crippen LogP contribution in [-0.4, -0.2) is 36.1 Å².